The molecule has 0 aromatic heterocycles. The van der Waals surface area contributed by atoms with E-state index in [9.17, 15) is 13.2 Å². The van der Waals surface area contributed by atoms with E-state index in [1.807, 2.05) is 13.8 Å². The Morgan fingerprint density at radius 1 is 1.42 bits per heavy atom. The molecule has 0 aromatic carbocycles. The minimum absolute atomic E-state index is 0.264. The van der Waals surface area contributed by atoms with Crippen LogP contribution in [0, 0.1) is 5.92 Å². The highest BCUT2D eigenvalue weighted by Gasteiger charge is 2.48. The van der Waals surface area contributed by atoms with E-state index in [-0.39, 0.29) is 5.91 Å². The van der Waals surface area contributed by atoms with Gasteiger partial charge in [-0.1, -0.05) is 30.4 Å². The van der Waals surface area contributed by atoms with E-state index in [0.717, 1.165) is 0 Å². The molecule has 1 rings (SSSR count). The molecule has 5 nitrogen and oxygen atoms in total. The van der Waals surface area contributed by atoms with E-state index in [1.54, 1.807) is 23.1 Å². The maximum atomic E-state index is 12.5. The van der Waals surface area contributed by atoms with Gasteiger partial charge in [-0.2, -0.15) is 0 Å². The number of carbonyl (C=O) groups excluding carboxylic acids is 1. The Balaban J connectivity index is 3.31. The number of nitrogens with two attached hydrogens (primary N) is 1. The summed E-state index contributed by atoms with van der Waals surface area (Å²) in [6, 6.07) is 0. The van der Waals surface area contributed by atoms with Crippen LogP contribution >= 0.6 is 0 Å². The van der Waals surface area contributed by atoms with Crippen molar-refractivity contribution in [2.75, 3.05) is 13.1 Å². The van der Waals surface area contributed by atoms with Gasteiger partial charge in [0, 0.05) is 13.1 Å². The second-order valence-electron chi connectivity index (χ2n) is 4.33. The monoisotopic (exact) mass is 284 g/mol. The highest BCUT2D eigenvalue weighted by atomic mass is 32.2. The molecule has 2 N–H and O–H groups in total. The predicted octanol–water partition coefficient (Wildman–Crippen LogP) is 0.810. The number of primary sulfonamides is 1. The van der Waals surface area contributed by atoms with Crippen molar-refractivity contribution in [1.82, 2.24) is 4.90 Å². The molecule has 1 aliphatic rings. The summed E-state index contributed by atoms with van der Waals surface area (Å²) in [6.45, 7) is 8.27. The lowest BCUT2D eigenvalue weighted by Crippen LogP contribution is -2.52. The molecule has 2 unspecified atom stereocenters. The standard InChI is InChI=1S/C13H20N2O3S/c1-4-13(19(14,17)18)10-8-7-9-11(13)12(16)15(5-2)6-3/h4,7-11H,1,5-6H2,2-3H3,(H2,14,17,18). The Morgan fingerprint density at radius 2 is 2.00 bits per heavy atom. The van der Waals surface area contributed by atoms with Crippen molar-refractivity contribution < 1.29 is 13.2 Å². The first kappa shape index (κ1) is 15.7. The molecule has 2 atom stereocenters. The molecule has 0 heterocycles. The van der Waals surface area contributed by atoms with Crippen molar-refractivity contribution in [3.05, 3.63) is 37.0 Å². The van der Waals surface area contributed by atoms with Gasteiger partial charge in [0.2, 0.25) is 15.9 Å². The molecule has 0 aromatic rings. The van der Waals surface area contributed by atoms with Crippen LogP contribution in [-0.2, 0) is 14.8 Å². The molecule has 0 saturated heterocycles. The summed E-state index contributed by atoms with van der Waals surface area (Å²) < 4.78 is 22.2. The van der Waals surface area contributed by atoms with Crippen LogP contribution in [0.4, 0.5) is 0 Å². The number of carbonyl (C=O) groups is 1. The quantitative estimate of drug-likeness (QED) is 0.759. The van der Waals surface area contributed by atoms with E-state index >= 15 is 0 Å². The van der Waals surface area contributed by atoms with E-state index in [0.29, 0.717) is 13.1 Å². The van der Waals surface area contributed by atoms with E-state index in [2.05, 4.69) is 6.58 Å². The summed E-state index contributed by atoms with van der Waals surface area (Å²) >= 11 is 0. The highest BCUT2D eigenvalue weighted by molar-refractivity contribution is 7.91. The maximum absolute atomic E-state index is 12.5. The summed E-state index contributed by atoms with van der Waals surface area (Å²) in [4.78, 5) is 14.0. The fraction of sp³-hybridized carbons (Fsp3) is 0.462. The van der Waals surface area contributed by atoms with Crippen LogP contribution < -0.4 is 5.14 Å². The van der Waals surface area contributed by atoms with Crippen molar-refractivity contribution in [1.29, 1.82) is 0 Å². The van der Waals surface area contributed by atoms with Crippen molar-refractivity contribution in [3.8, 4) is 0 Å². The van der Waals surface area contributed by atoms with Gasteiger partial charge in [-0.25, -0.2) is 13.6 Å². The second kappa shape index (κ2) is 5.71. The Bertz CT molecular complexity index is 518. The number of nitrogens with zero attached hydrogens (tertiary/aromatic N) is 1. The first-order valence-electron chi connectivity index (χ1n) is 6.14. The van der Waals surface area contributed by atoms with E-state index < -0.39 is 20.7 Å². The fourth-order valence-corrected chi connectivity index (χ4v) is 3.26. The van der Waals surface area contributed by atoms with Crippen LogP contribution in [0.2, 0.25) is 0 Å². The first-order valence-corrected chi connectivity index (χ1v) is 7.69. The molecule has 6 heteroatoms. The second-order valence-corrected chi connectivity index (χ2v) is 6.13. The molecule has 1 amide bonds. The molecule has 1 aliphatic carbocycles. The molecule has 0 saturated carbocycles. The largest absolute Gasteiger partial charge is 0.343 e. The van der Waals surface area contributed by atoms with Gasteiger partial charge in [0.25, 0.3) is 0 Å². The van der Waals surface area contributed by atoms with E-state index in [1.165, 1.54) is 12.2 Å². The van der Waals surface area contributed by atoms with Gasteiger partial charge >= 0.3 is 0 Å². The van der Waals surface area contributed by atoms with Crippen LogP contribution in [0.1, 0.15) is 13.8 Å². The third kappa shape index (κ3) is 2.64. The summed E-state index contributed by atoms with van der Waals surface area (Å²) in [5.41, 5.74) is 0. The van der Waals surface area contributed by atoms with E-state index in [4.69, 9.17) is 5.14 Å². The number of hydrogen-bond acceptors (Lipinski definition) is 3. The van der Waals surface area contributed by atoms with Crippen molar-refractivity contribution in [2.24, 2.45) is 11.1 Å². The summed E-state index contributed by atoms with van der Waals surface area (Å²) in [7, 11) is -3.99. The number of allylic oxidation sites excluding steroid dienone is 2. The van der Waals surface area contributed by atoms with Gasteiger partial charge < -0.3 is 4.90 Å². The SMILES string of the molecule is C=CC1(S(N)(=O)=O)C=CC=CC1C(=O)N(CC)CC. The lowest BCUT2D eigenvalue weighted by molar-refractivity contribution is -0.133. The van der Waals surface area contributed by atoms with Gasteiger partial charge in [0.1, 0.15) is 4.75 Å². The number of hydrogen-bond donors (Lipinski definition) is 1. The van der Waals surface area contributed by atoms with Crippen LogP contribution in [0.25, 0.3) is 0 Å². The summed E-state index contributed by atoms with van der Waals surface area (Å²) in [5, 5.41) is 5.31. The average molecular weight is 284 g/mol. The lowest BCUT2D eigenvalue weighted by Gasteiger charge is -2.35. The smallest absolute Gasteiger partial charge is 0.231 e. The lowest BCUT2D eigenvalue weighted by atomic mass is 9.86. The van der Waals surface area contributed by atoms with Crippen LogP contribution in [-0.4, -0.2) is 37.1 Å². The van der Waals surface area contributed by atoms with Gasteiger partial charge in [0.15, 0.2) is 0 Å². The van der Waals surface area contributed by atoms with Gasteiger partial charge in [-0.15, -0.1) is 6.58 Å². The average Bonchev–Trinajstić information content (AvgIpc) is 2.38. The van der Waals surface area contributed by atoms with Crippen LogP contribution in [0.3, 0.4) is 0 Å². The fourth-order valence-electron chi connectivity index (χ4n) is 2.23. The minimum atomic E-state index is -3.99. The maximum Gasteiger partial charge on any atom is 0.231 e. The van der Waals surface area contributed by atoms with Crippen molar-refractivity contribution in [3.63, 3.8) is 0 Å². The molecule has 19 heavy (non-hydrogen) atoms. The normalized spacial score (nSPS) is 26.2. The number of rotatable bonds is 5. The Morgan fingerprint density at radius 3 is 2.42 bits per heavy atom. The molecular weight excluding hydrogens is 264 g/mol. The van der Waals surface area contributed by atoms with Gasteiger partial charge in [0.05, 0.1) is 5.92 Å². The Labute approximate surface area is 114 Å². The Kier molecular flexibility index (Phi) is 4.70. The number of sulfonamides is 1. The van der Waals surface area contributed by atoms with Crippen molar-refractivity contribution >= 4 is 15.9 Å². The third-order valence-electron chi connectivity index (χ3n) is 3.41. The number of amides is 1. The zero-order chi connectivity index (χ0) is 14.7. The molecule has 0 bridgehead atoms. The highest BCUT2D eigenvalue weighted by Crippen LogP contribution is 2.33. The first-order chi connectivity index (χ1) is 8.84. The topological polar surface area (TPSA) is 80.5 Å². The minimum Gasteiger partial charge on any atom is -0.343 e. The molecular formula is C13H20N2O3S. The zero-order valence-electron chi connectivity index (χ0n) is 11.2. The Hall–Kier alpha value is -1.40. The van der Waals surface area contributed by atoms with Crippen LogP contribution in [0.15, 0.2) is 37.0 Å². The molecule has 0 spiro atoms. The molecule has 106 valence electrons. The third-order valence-corrected chi connectivity index (χ3v) is 4.95. The summed E-state index contributed by atoms with van der Waals surface area (Å²) in [5.74, 6) is -1.13. The summed E-state index contributed by atoms with van der Waals surface area (Å²) in [6.07, 6.45) is 7.43. The molecule has 0 radical (unpaired) electrons. The van der Waals surface area contributed by atoms with Crippen LogP contribution in [0.5, 0.6) is 0 Å². The van der Waals surface area contributed by atoms with Crippen molar-refractivity contribution in [2.45, 2.75) is 18.6 Å². The molecule has 0 aliphatic heterocycles. The van der Waals surface area contributed by atoms with Gasteiger partial charge in [-0.05, 0) is 13.8 Å². The molecule has 0 fully saturated rings. The predicted molar refractivity (Wildman–Crippen MR) is 75.7 cm³/mol. The van der Waals surface area contributed by atoms with Gasteiger partial charge in [-0.3, -0.25) is 4.79 Å². The zero-order valence-corrected chi connectivity index (χ0v) is 12.1.